The maximum absolute atomic E-state index is 12.3. The molecule has 20 heavy (non-hydrogen) atoms. The number of carbonyl (C=O) groups excluding carboxylic acids is 1. The summed E-state index contributed by atoms with van der Waals surface area (Å²) in [5, 5.41) is 14.6. The van der Waals surface area contributed by atoms with Gasteiger partial charge in [0.05, 0.1) is 29.1 Å². The molecule has 0 saturated heterocycles. The van der Waals surface area contributed by atoms with Crippen molar-refractivity contribution in [3.63, 3.8) is 0 Å². The van der Waals surface area contributed by atoms with Crippen LogP contribution in [-0.2, 0) is 0 Å². The van der Waals surface area contributed by atoms with Crippen molar-refractivity contribution >= 4 is 17.3 Å². The molecule has 2 rings (SSSR count). The summed E-state index contributed by atoms with van der Waals surface area (Å²) in [4.78, 5) is 16.2. The first kappa shape index (κ1) is 13.6. The van der Waals surface area contributed by atoms with Gasteiger partial charge in [0.15, 0.2) is 0 Å². The zero-order valence-electron chi connectivity index (χ0n) is 11.3. The van der Waals surface area contributed by atoms with E-state index in [2.05, 4.69) is 21.7 Å². The first-order valence-corrected chi connectivity index (χ1v) is 6.09. The van der Waals surface area contributed by atoms with Crippen molar-refractivity contribution in [3.8, 4) is 6.07 Å². The summed E-state index contributed by atoms with van der Waals surface area (Å²) in [7, 11) is 1.73. The van der Waals surface area contributed by atoms with Gasteiger partial charge in [0.2, 0.25) is 0 Å². The normalized spacial score (nSPS) is 9.65. The van der Waals surface area contributed by atoms with Crippen LogP contribution in [0.5, 0.6) is 0 Å². The lowest BCUT2D eigenvalue weighted by atomic mass is 10.1. The molecular formula is C15H14N4O. The monoisotopic (exact) mass is 266 g/mol. The Labute approximate surface area is 117 Å². The highest BCUT2D eigenvalue weighted by atomic mass is 16.1. The van der Waals surface area contributed by atoms with Crippen LogP contribution in [0.3, 0.4) is 0 Å². The van der Waals surface area contributed by atoms with Crippen molar-refractivity contribution in [3.05, 3.63) is 53.3 Å². The van der Waals surface area contributed by atoms with Gasteiger partial charge in [0.25, 0.3) is 5.91 Å². The van der Waals surface area contributed by atoms with E-state index < -0.39 is 0 Å². The Balaban J connectivity index is 2.30. The fraction of sp³-hybridized carbons (Fsp3) is 0.133. The SMILES string of the molecule is CNc1cnccc1C(=O)Nc1cc(C#N)ccc1C. The van der Waals surface area contributed by atoms with Gasteiger partial charge < -0.3 is 10.6 Å². The molecule has 0 fully saturated rings. The van der Waals surface area contributed by atoms with Gasteiger partial charge in [-0.3, -0.25) is 9.78 Å². The second-order valence-electron chi connectivity index (χ2n) is 4.27. The van der Waals surface area contributed by atoms with Crippen LogP contribution in [0.1, 0.15) is 21.5 Å². The summed E-state index contributed by atoms with van der Waals surface area (Å²) in [6.45, 7) is 1.88. The number of aryl methyl sites for hydroxylation is 1. The smallest absolute Gasteiger partial charge is 0.257 e. The number of carbonyl (C=O) groups is 1. The maximum Gasteiger partial charge on any atom is 0.257 e. The lowest BCUT2D eigenvalue weighted by Crippen LogP contribution is -2.15. The van der Waals surface area contributed by atoms with Gasteiger partial charge in [-0.05, 0) is 30.7 Å². The molecule has 2 aromatic rings. The molecule has 5 nitrogen and oxygen atoms in total. The molecule has 2 N–H and O–H groups in total. The van der Waals surface area contributed by atoms with E-state index in [-0.39, 0.29) is 5.91 Å². The number of aromatic nitrogens is 1. The van der Waals surface area contributed by atoms with E-state index in [0.717, 1.165) is 5.56 Å². The number of benzene rings is 1. The zero-order chi connectivity index (χ0) is 14.5. The van der Waals surface area contributed by atoms with Crippen LogP contribution in [0.25, 0.3) is 0 Å². The van der Waals surface area contributed by atoms with Gasteiger partial charge in [-0.1, -0.05) is 6.07 Å². The molecule has 1 aromatic heterocycles. The highest BCUT2D eigenvalue weighted by molar-refractivity contribution is 6.08. The van der Waals surface area contributed by atoms with Crippen LogP contribution < -0.4 is 10.6 Å². The standard InChI is InChI=1S/C15H14N4O/c1-10-3-4-11(8-16)7-13(10)19-15(20)12-5-6-18-9-14(12)17-2/h3-7,9,17H,1-2H3,(H,19,20). The van der Waals surface area contributed by atoms with E-state index >= 15 is 0 Å². The van der Waals surface area contributed by atoms with Crippen molar-refractivity contribution < 1.29 is 4.79 Å². The molecule has 0 atom stereocenters. The van der Waals surface area contributed by atoms with Crippen molar-refractivity contribution in [2.75, 3.05) is 17.7 Å². The summed E-state index contributed by atoms with van der Waals surface area (Å²) >= 11 is 0. The van der Waals surface area contributed by atoms with E-state index in [1.165, 1.54) is 0 Å². The van der Waals surface area contributed by atoms with E-state index in [9.17, 15) is 4.79 Å². The fourth-order valence-corrected chi connectivity index (χ4v) is 1.81. The summed E-state index contributed by atoms with van der Waals surface area (Å²) in [5.41, 5.74) is 3.20. The molecule has 100 valence electrons. The van der Waals surface area contributed by atoms with Gasteiger partial charge in [-0.25, -0.2) is 0 Å². The van der Waals surface area contributed by atoms with Gasteiger partial charge in [-0.2, -0.15) is 5.26 Å². The van der Waals surface area contributed by atoms with Crippen LogP contribution in [-0.4, -0.2) is 17.9 Å². The van der Waals surface area contributed by atoms with Gasteiger partial charge in [0, 0.05) is 18.9 Å². The molecule has 0 bridgehead atoms. The predicted molar refractivity (Wildman–Crippen MR) is 77.6 cm³/mol. The molecule has 0 unspecified atom stereocenters. The number of hydrogen-bond donors (Lipinski definition) is 2. The minimum Gasteiger partial charge on any atom is -0.386 e. The third-order valence-electron chi connectivity index (χ3n) is 2.95. The molecule has 0 aliphatic carbocycles. The van der Waals surface area contributed by atoms with Crippen LogP contribution in [0.4, 0.5) is 11.4 Å². The Morgan fingerprint density at radius 1 is 1.30 bits per heavy atom. The Hall–Kier alpha value is -2.87. The number of nitrogens with zero attached hydrogens (tertiary/aromatic N) is 2. The number of nitrogens with one attached hydrogen (secondary N) is 2. The number of rotatable bonds is 3. The number of nitriles is 1. The molecule has 0 spiro atoms. The van der Waals surface area contributed by atoms with Gasteiger partial charge in [0.1, 0.15) is 0 Å². The van der Waals surface area contributed by atoms with Crippen LogP contribution >= 0.6 is 0 Å². The first-order valence-electron chi connectivity index (χ1n) is 6.09. The molecule has 0 radical (unpaired) electrons. The minimum atomic E-state index is -0.241. The lowest BCUT2D eigenvalue weighted by Gasteiger charge is -2.11. The van der Waals surface area contributed by atoms with Gasteiger partial charge in [-0.15, -0.1) is 0 Å². The Morgan fingerprint density at radius 2 is 2.10 bits per heavy atom. The largest absolute Gasteiger partial charge is 0.386 e. The molecule has 0 saturated carbocycles. The maximum atomic E-state index is 12.3. The minimum absolute atomic E-state index is 0.241. The van der Waals surface area contributed by atoms with Crippen LogP contribution in [0.2, 0.25) is 0 Å². The van der Waals surface area contributed by atoms with Crippen molar-refractivity contribution in [1.82, 2.24) is 4.98 Å². The summed E-state index contributed by atoms with van der Waals surface area (Å²) in [5.74, 6) is -0.241. The molecule has 1 amide bonds. The number of amides is 1. The van der Waals surface area contributed by atoms with E-state index in [1.54, 1.807) is 43.7 Å². The second kappa shape index (κ2) is 5.85. The molecule has 5 heteroatoms. The first-order chi connectivity index (χ1) is 9.65. The molecular weight excluding hydrogens is 252 g/mol. The molecule has 0 aliphatic rings. The second-order valence-corrected chi connectivity index (χ2v) is 4.27. The summed E-state index contributed by atoms with van der Waals surface area (Å²) in [6, 6.07) is 8.88. The Bertz CT molecular complexity index is 689. The third-order valence-corrected chi connectivity index (χ3v) is 2.95. The third kappa shape index (κ3) is 2.75. The number of pyridine rings is 1. The number of hydrogen-bond acceptors (Lipinski definition) is 4. The summed E-state index contributed by atoms with van der Waals surface area (Å²) in [6.07, 6.45) is 3.15. The highest BCUT2D eigenvalue weighted by Gasteiger charge is 2.12. The predicted octanol–water partition coefficient (Wildman–Crippen LogP) is 2.56. The van der Waals surface area contributed by atoms with Crippen molar-refractivity contribution in [1.29, 1.82) is 5.26 Å². The zero-order valence-corrected chi connectivity index (χ0v) is 11.3. The van der Waals surface area contributed by atoms with E-state index in [1.807, 2.05) is 6.92 Å². The fourth-order valence-electron chi connectivity index (χ4n) is 1.81. The average Bonchev–Trinajstić information content (AvgIpc) is 2.49. The topological polar surface area (TPSA) is 77.8 Å². The van der Waals surface area contributed by atoms with Gasteiger partial charge >= 0.3 is 0 Å². The lowest BCUT2D eigenvalue weighted by molar-refractivity contribution is 0.102. The number of anilines is 2. The van der Waals surface area contributed by atoms with E-state index in [0.29, 0.717) is 22.5 Å². The quantitative estimate of drug-likeness (QED) is 0.895. The van der Waals surface area contributed by atoms with Crippen LogP contribution in [0, 0.1) is 18.3 Å². The van der Waals surface area contributed by atoms with Crippen LogP contribution in [0.15, 0.2) is 36.7 Å². The Kier molecular flexibility index (Phi) is 3.96. The van der Waals surface area contributed by atoms with E-state index in [4.69, 9.17) is 5.26 Å². The molecule has 1 heterocycles. The Morgan fingerprint density at radius 3 is 2.80 bits per heavy atom. The average molecular weight is 266 g/mol. The summed E-state index contributed by atoms with van der Waals surface area (Å²) < 4.78 is 0. The van der Waals surface area contributed by atoms with Crippen molar-refractivity contribution in [2.45, 2.75) is 6.92 Å². The molecule has 0 aliphatic heterocycles. The molecule has 1 aromatic carbocycles. The highest BCUT2D eigenvalue weighted by Crippen LogP contribution is 2.19. The van der Waals surface area contributed by atoms with Crippen molar-refractivity contribution in [2.24, 2.45) is 0 Å².